The molecule has 162 valence electrons. The highest BCUT2D eigenvalue weighted by atomic mass is 35.5. The number of sulfonamides is 1. The van der Waals surface area contributed by atoms with Crippen molar-refractivity contribution in [1.29, 1.82) is 0 Å². The largest absolute Gasteiger partial charge is 0.455 e. The first-order valence-electron chi connectivity index (χ1n) is 9.54. The Morgan fingerprint density at radius 2 is 1.72 bits per heavy atom. The minimum absolute atomic E-state index is 0.0805. The smallest absolute Gasteiger partial charge is 0.271 e. The van der Waals surface area contributed by atoms with E-state index in [0.29, 0.717) is 17.1 Å². The van der Waals surface area contributed by atoms with Gasteiger partial charge in [-0.25, -0.2) is 13.8 Å². The summed E-state index contributed by atoms with van der Waals surface area (Å²) in [5, 5.41) is 5.27. The van der Waals surface area contributed by atoms with Gasteiger partial charge in [0.1, 0.15) is 11.3 Å². The summed E-state index contributed by atoms with van der Waals surface area (Å²) in [4.78, 5) is 12.5. The summed E-state index contributed by atoms with van der Waals surface area (Å²) in [6.45, 7) is 1.70. The van der Waals surface area contributed by atoms with Gasteiger partial charge in [0, 0.05) is 10.9 Å². The number of rotatable bonds is 6. The Kier molecular flexibility index (Phi) is 5.98. The number of nitrogens with zero attached hydrogens (tertiary/aromatic N) is 1. The molecule has 7 nitrogen and oxygen atoms in total. The van der Waals surface area contributed by atoms with Gasteiger partial charge in [-0.15, -0.1) is 0 Å². The van der Waals surface area contributed by atoms with Crippen LogP contribution in [-0.2, 0) is 10.0 Å². The van der Waals surface area contributed by atoms with E-state index >= 15 is 0 Å². The molecule has 0 unspecified atom stereocenters. The van der Waals surface area contributed by atoms with Crippen molar-refractivity contribution < 1.29 is 17.6 Å². The lowest BCUT2D eigenvalue weighted by Crippen LogP contribution is -2.20. The van der Waals surface area contributed by atoms with E-state index < -0.39 is 15.9 Å². The van der Waals surface area contributed by atoms with Gasteiger partial charge in [-0.3, -0.25) is 9.52 Å². The normalized spacial score (nSPS) is 12.0. The zero-order valence-corrected chi connectivity index (χ0v) is 18.4. The summed E-state index contributed by atoms with van der Waals surface area (Å²) in [5.74, 6) is -0.0398. The van der Waals surface area contributed by atoms with Crippen molar-refractivity contribution in [1.82, 2.24) is 5.43 Å². The number of carbonyl (C=O) groups is 1. The SMILES string of the molecule is C/C(=N/NC(=O)c1cccc(S(=O)(=O)Nc2ccccc2Cl)c1)c1cc2ccccc2o1. The first kappa shape index (κ1) is 21.6. The van der Waals surface area contributed by atoms with Crippen LogP contribution >= 0.6 is 11.6 Å². The van der Waals surface area contributed by atoms with Crippen LogP contribution in [0.15, 0.2) is 93.3 Å². The van der Waals surface area contributed by atoms with Crippen LogP contribution in [-0.4, -0.2) is 20.0 Å². The van der Waals surface area contributed by atoms with Crippen molar-refractivity contribution in [2.45, 2.75) is 11.8 Å². The lowest BCUT2D eigenvalue weighted by molar-refractivity contribution is 0.0954. The number of benzene rings is 3. The van der Waals surface area contributed by atoms with Gasteiger partial charge in [-0.1, -0.05) is 48.0 Å². The summed E-state index contributed by atoms with van der Waals surface area (Å²) >= 11 is 6.03. The maximum atomic E-state index is 12.7. The van der Waals surface area contributed by atoms with Crippen LogP contribution in [0.5, 0.6) is 0 Å². The molecule has 4 aromatic rings. The Hall–Kier alpha value is -3.62. The van der Waals surface area contributed by atoms with Crippen molar-refractivity contribution in [3.63, 3.8) is 0 Å². The van der Waals surface area contributed by atoms with E-state index in [1.165, 1.54) is 24.3 Å². The number of fused-ring (bicyclic) bond motifs is 1. The van der Waals surface area contributed by atoms with Crippen LogP contribution in [0.2, 0.25) is 5.02 Å². The number of hydrogen-bond donors (Lipinski definition) is 2. The second kappa shape index (κ2) is 8.86. The molecule has 1 aromatic heterocycles. The van der Waals surface area contributed by atoms with Crippen molar-refractivity contribution in [3.05, 3.63) is 95.2 Å². The number of carbonyl (C=O) groups excluding carboxylic acids is 1. The minimum atomic E-state index is -3.95. The van der Waals surface area contributed by atoms with Crippen molar-refractivity contribution >= 4 is 49.9 Å². The molecule has 3 aromatic carbocycles. The monoisotopic (exact) mass is 467 g/mol. The van der Waals surface area contributed by atoms with Crippen LogP contribution in [0.3, 0.4) is 0 Å². The molecule has 0 fully saturated rings. The lowest BCUT2D eigenvalue weighted by Gasteiger charge is -2.10. The second-order valence-electron chi connectivity index (χ2n) is 6.90. The van der Waals surface area contributed by atoms with Crippen LogP contribution in [0.4, 0.5) is 5.69 Å². The molecule has 0 bridgehead atoms. The predicted molar refractivity (Wildman–Crippen MR) is 125 cm³/mol. The van der Waals surface area contributed by atoms with Crippen molar-refractivity contribution in [3.8, 4) is 0 Å². The first-order valence-corrected chi connectivity index (χ1v) is 11.4. The maximum Gasteiger partial charge on any atom is 0.271 e. The Balaban J connectivity index is 1.51. The number of hydrazone groups is 1. The molecule has 4 rings (SSSR count). The van der Waals surface area contributed by atoms with Crippen molar-refractivity contribution in [2.24, 2.45) is 5.10 Å². The van der Waals surface area contributed by atoms with Gasteiger partial charge in [0.25, 0.3) is 15.9 Å². The zero-order valence-electron chi connectivity index (χ0n) is 16.9. The third-order valence-corrected chi connectivity index (χ3v) is 6.32. The highest BCUT2D eigenvalue weighted by Crippen LogP contribution is 2.24. The molecule has 2 N–H and O–H groups in total. The molecule has 0 saturated heterocycles. The van der Waals surface area contributed by atoms with Gasteiger partial charge in [0.05, 0.1) is 15.6 Å². The number of nitrogens with one attached hydrogen (secondary N) is 2. The summed E-state index contributed by atoms with van der Waals surface area (Å²) in [5.41, 5.74) is 4.00. The van der Waals surface area contributed by atoms with Crippen LogP contribution in [0, 0.1) is 0 Å². The number of anilines is 1. The Morgan fingerprint density at radius 1 is 0.969 bits per heavy atom. The maximum absolute atomic E-state index is 12.7. The van der Waals surface area contributed by atoms with Crippen LogP contribution in [0.25, 0.3) is 11.0 Å². The van der Waals surface area contributed by atoms with E-state index in [1.54, 1.807) is 31.2 Å². The fraction of sp³-hybridized carbons (Fsp3) is 0.0435. The zero-order chi connectivity index (χ0) is 22.7. The molecule has 0 radical (unpaired) electrons. The molecule has 1 heterocycles. The molecule has 0 atom stereocenters. The number of para-hydroxylation sites is 2. The molecule has 0 saturated carbocycles. The Labute approximate surface area is 189 Å². The molecule has 0 aliphatic rings. The van der Waals surface area contributed by atoms with Crippen LogP contribution < -0.4 is 10.1 Å². The summed E-state index contributed by atoms with van der Waals surface area (Å²) in [7, 11) is -3.95. The van der Waals surface area contributed by atoms with Gasteiger partial charge in [-0.05, 0) is 49.4 Å². The number of amides is 1. The van der Waals surface area contributed by atoms with E-state index in [2.05, 4.69) is 15.2 Å². The molecular weight excluding hydrogens is 450 g/mol. The van der Waals surface area contributed by atoms with Gasteiger partial charge < -0.3 is 4.42 Å². The molecule has 0 aliphatic carbocycles. The Morgan fingerprint density at radius 3 is 2.50 bits per heavy atom. The average molecular weight is 468 g/mol. The fourth-order valence-electron chi connectivity index (χ4n) is 2.97. The summed E-state index contributed by atoms with van der Waals surface area (Å²) < 4.78 is 33.6. The van der Waals surface area contributed by atoms with E-state index in [4.69, 9.17) is 16.0 Å². The first-order chi connectivity index (χ1) is 15.3. The van der Waals surface area contributed by atoms with Crippen molar-refractivity contribution in [2.75, 3.05) is 4.72 Å². The topological polar surface area (TPSA) is 101 Å². The third kappa shape index (κ3) is 4.66. The number of halogens is 1. The molecule has 0 spiro atoms. The van der Waals surface area contributed by atoms with E-state index in [-0.39, 0.29) is 21.2 Å². The molecule has 9 heteroatoms. The molecule has 1 amide bonds. The second-order valence-corrected chi connectivity index (χ2v) is 8.99. The molecule has 0 aliphatic heterocycles. The van der Waals surface area contributed by atoms with Gasteiger partial charge in [0.2, 0.25) is 0 Å². The predicted octanol–water partition coefficient (Wildman–Crippen LogP) is 5.04. The summed E-state index contributed by atoms with van der Waals surface area (Å²) in [6, 6.07) is 21.5. The van der Waals surface area contributed by atoms with E-state index in [0.717, 1.165) is 5.39 Å². The lowest BCUT2D eigenvalue weighted by atomic mass is 10.2. The number of furan rings is 1. The van der Waals surface area contributed by atoms with Gasteiger partial charge in [0.15, 0.2) is 5.76 Å². The minimum Gasteiger partial charge on any atom is -0.455 e. The van der Waals surface area contributed by atoms with E-state index in [9.17, 15) is 13.2 Å². The Bertz CT molecular complexity index is 1410. The quantitative estimate of drug-likeness (QED) is 0.306. The standard InChI is InChI=1S/C23H18ClN3O4S/c1-15(22-14-16-7-2-5-12-21(16)31-22)25-26-23(28)17-8-6-9-18(13-17)32(29,30)27-20-11-4-3-10-19(20)24/h2-14,27H,1H3,(H,26,28)/b25-15-. The average Bonchev–Trinajstić information content (AvgIpc) is 3.23. The van der Waals surface area contributed by atoms with E-state index in [1.807, 2.05) is 30.3 Å². The van der Waals surface area contributed by atoms with Gasteiger partial charge >= 0.3 is 0 Å². The van der Waals surface area contributed by atoms with Gasteiger partial charge in [-0.2, -0.15) is 5.10 Å². The number of hydrogen-bond acceptors (Lipinski definition) is 5. The molecular formula is C23H18ClN3O4S. The fourth-order valence-corrected chi connectivity index (χ4v) is 4.33. The highest BCUT2D eigenvalue weighted by Gasteiger charge is 2.18. The van der Waals surface area contributed by atoms with Crippen LogP contribution in [0.1, 0.15) is 23.0 Å². The molecule has 32 heavy (non-hydrogen) atoms. The summed E-state index contributed by atoms with van der Waals surface area (Å²) in [6.07, 6.45) is 0. The third-order valence-electron chi connectivity index (χ3n) is 4.63. The highest BCUT2D eigenvalue weighted by molar-refractivity contribution is 7.92.